The summed E-state index contributed by atoms with van der Waals surface area (Å²) in [5, 5.41) is 0. The Morgan fingerprint density at radius 1 is 1.50 bits per heavy atom. The average molecular weight is 184 g/mol. The van der Waals surface area contributed by atoms with E-state index in [1.54, 1.807) is 6.92 Å². The molecule has 0 aromatic heterocycles. The number of methoxy groups -OCH3 is 1. The Morgan fingerprint density at radius 3 is 2.25 bits per heavy atom. The Balaban J connectivity index is 4.33. The van der Waals surface area contributed by atoms with Gasteiger partial charge in [-0.2, -0.15) is 13.2 Å². The van der Waals surface area contributed by atoms with Crippen molar-refractivity contribution in [3.05, 3.63) is 0 Å². The van der Waals surface area contributed by atoms with Gasteiger partial charge in [0.15, 0.2) is 5.92 Å². The first-order valence-corrected chi connectivity index (χ1v) is 3.58. The molecule has 2 nitrogen and oxygen atoms in total. The number of esters is 1. The van der Waals surface area contributed by atoms with Gasteiger partial charge in [-0.15, -0.1) is 0 Å². The largest absolute Gasteiger partial charge is 0.469 e. The van der Waals surface area contributed by atoms with E-state index in [0.717, 1.165) is 7.11 Å². The number of carbonyl (C=O) groups excluding carboxylic acids is 1. The predicted molar refractivity (Wildman–Crippen MR) is 36.5 cm³/mol. The van der Waals surface area contributed by atoms with Crippen LogP contribution < -0.4 is 0 Å². The summed E-state index contributed by atoms with van der Waals surface area (Å²) in [6, 6.07) is 0. The summed E-state index contributed by atoms with van der Waals surface area (Å²) in [5.74, 6) is -3.17. The molecule has 12 heavy (non-hydrogen) atoms. The monoisotopic (exact) mass is 184 g/mol. The van der Waals surface area contributed by atoms with E-state index >= 15 is 0 Å². The van der Waals surface area contributed by atoms with Crippen molar-refractivity contribution in [1.82, 2.24) is 0 Å². The molecule has 0 aliphatic rings. The second kappa shape index (κ2) is 4.33. The molecular weight excluding hydrogens is 173 g/mol. The lowest BCUT2D eigenvalue weighted by Crippen LogP contribution is -2.31. The van der Waals surface area contributed by atoms with Crippen molar-refractivity contribution in [2.24, 2.45) is 5.92 Å². The van der Waals surface area contributed by atoms with Gasteiger partial charge in [0.05, 0.1) is 7.11 Å². The Kier molecular flexibility index (Phi) is 4.06. The molecule has 0 saturated carbocycles. The van der Waals surface area contributed by atoms with E-state index < -0.39 is 18.1 Å². The van der Waals surface area contributed by atoms with E-state index in [1.807, 2.05) is 0 Å². The van der Waals surface area contributed by atoms with E-state index in [0.29, 0.717) is 6.42 Å². The molecule has 0 aromatic rings. The van der Waals surface area contributed by atoms with Gasteiger partial charge in [0.1, 0.15) is 0 Å². The van der Waals surface area contributed by atoms with E-state index in [1.165, 1.54) is 0 Å². The summed E-state index contributed by atoms with van der Waals surface area (Å²) in [6.07, 6.45) is -4.39. The van der Waals surface area contributed by atoms with Crippen LogP contribution in [0, 0.1) is 5.92 Å². The van der Waals surface area contributed by atoms with Gasteiger partial charge < -0.3 is 4.74 Å². The molecule has 0 N–H and O–H groups in total. The van der Waals surface area contributed by atoms with Crippen molar-refractivity contribution in [1.29, 1.82) is 0 Å². The molecular formula is C7H11F3O2. The van der Waals surface area contributed by atoms with Gasteiger partial charge in [0, 0.05) is 0 Å². The van der Waals surface area contributed by atoms with Crippen molar-refractivity contribution >= 4 is 5.97 Å². The van der Waals surface area contributed by atoms with Gasteiger partial charge in [-0.1, -0.05) is 13.3 Å². The fourth-order valence-electron chi connectivity index (χ4n) is 0.846. The Bertz CT molecular complexity index is 153. The highest BCUT2D eigenvalue weighted by Gasteiger charge is 2.44. The SMILES string of the molecule is CCCC(C(=O)OC)C(F)(F)F. The van der Waals surface area contributed by atoms with Crippen LogP contribution in [0.3, 0.4) is 0 Å². The molecule has 1 unspecified atom stereocenters. The number of alkyl halides is 3. The van der Waals surface area contributed by atoms with Gasteiger partial charge in [-0.05, 0) is 6.42 Å². The van der Waals surface area contributed by atoms with Crippen molar-refractivity contribution < 1.29 is 22.7 Å². The van der Waals surface area contributed by atoms with Gasteiger partial charge in [-0.3, -0.25) is 4.79 Å². The van der Waals surface area contributed by atoms with Crippen LogP contribution in [0.2, 0.25) is 0 Å². The summed E-state index contributed by atoms with van der Waals surface area (Å²) < 4.78 is 40.2. The number of halogens is 3. The van der Waals surface area contributed by atoms with Crippen molar-refractivity contribution in [2.45, 2.75) is 25.9 Å². The lowest BCUT2D eigenvalue weighted by molar-refractivity contribution is -0.197. The topological polar surface area (TPSA) is 26.3 Å². The Hall–Kier alpha value is -0.740. The number of ether oxygens (including phenoxy) is 1. The average Bonchev–Trinajstić information content (AvgIpc) is 1.96. The third-order valence-corrected chi connectivity index (χ3v) is 1.46. The standard InChI is InChI=1S/C7H11F3O2/c1-3-4-5(6(11)12-2)7(8,9)10/h5H,3-4H2,1-2H3. The fourth-order valence-corrected chi connectivity index (χ4v) is 0.846. The van der Waals surface area contributed by atoms with Crippen LogP contribution in [0.15, 0.2) is 0 Å². The molecule has 0 spiro atoms. The van der Waals surface area contributed by atoms with E-state index in [-0.39, 0.29) is 6.42 Å². The van der Waals surface area contributed by atoms with Crippen LogP contribution in [0.5, 0.6) is 0 Å². The van der Waals surface area contributed by atoms with Crippen LogP contribution in [0.25, 0.3) is 0 Å². The molecule has 72 valence electrons. The summed E-state index contributed by atoms with van der Waals surface area (Å²) in [4.78, 5) is 10.6. The van der Waals surface area contributed by atoms with E-state index in [2.05, 4.69) is 4.74 Å². The van der Waals surface area contributed by atoms with Crippen LogP contribution in [0.4, 0.5) is 13.2 Å². The first-order chi connectivity index (χ1) is 5.43. The summed E-state index contributed by atoms with van der Waals surface area (Å²) in [5.41, 5.74) is 0. The maximum atomic E-state index is 12.0. The first-order valence-electron chi connectivity index (χ1n) is 3.58. The minimum atomic E-state index is -4.48. The molecule has 0 fully saturated rings. The third-order valence-electron chi connectivity index (χ3n) is 1.46. The second-order valence-electron chi connectivity index (χ2n) is 2.41. The highest BCUT2D eigenvalue weighted by Crippen LogP contribution is 2.30. The van der Waals surface area contributed by atoms with Gasteiger partial charge in [0.25, 0.3) is 0 Å². The number of hydrogen-bond donors (Lipinski definition) is 0. The fraction of sp³-hybridized carbons (Fsp3) is 0.857. The number of rotatable bonds is 3. The van der Waals surface area contributed by atoms with E-state index in [9.17, 15) is 18.0 Å². The zero-order valence-electron chi connectivity index (χ0n) is 6.94. The van der Waals surface area contributed by atoms with E-state index in [4.69, 9.17) is 0 Å². The first kappa shape index (κ1) is 11.3. The smallest absolute Gasteiger partial charge is 0.402 e. The highest BCUT2D eigenvalue weighted by atomic mass is 19.4. The predicted octanol–water partition coefficient (Wildman–Crippen LogP) is 2.14. The lowest BCUT2D eigenvalue weighted by Gasteiger charge is -2.16. The van der Waals surface area contributed by atoms with Crippen molar-refractivity contribution in [3.63, 3.8) is 0 Å². The molecule has 0 rings (SSSR count). The Morgan fingerprint density at radius 2 is 2.00 bits per heavy atom. The van der Waals surface area contributed by atoms with Gasteiger partial charge in [0.2, 0.25) is 0 Å². The maximum absolute atomic E-state index is 12.0. The van der Waals surface area contributed by atoms with Crippen molar-refractivity contribution in [2.75, 3.05) is 7.11 Å². The summed E-state index contributed by atoms with van der Waals surface area (Å²) >= 11 is 0. The van der Waals surface area contributed by atoms with Crippen LogP contribution in [-0.4, -0.2) is 19.3 Å². The summed E-state index contributed by atoms with van der Waals surface area (Å²) in [6.45, 7) is 1.58. The lowest BCUT2D eigenvalue weighted by atomic mass is 10.0. The van der Waals surface area contributed by atoms with Gasteiger partial charge >= 0.3 is 12.1 Å². The minimum Gasteiger partial charge on any atom is -0.469 e. The minimum absolute atomic E-state index is 0.212. The van der Waals surface area contributed by atoms with Crippen LogP contribution in [-0.2, 0) is 9.53 Å². The normalized spacial score (nSPS) is 14.1. The quantitative estimate of drug-likeness (QED) is 0.628. The number of hydrogen-bond acceptors (Lipinski definition) is 2. The van der Waals surface area contributed by atoms with Gasteiger partial charge in [-0.25, -0.2) is 0 Å². The highest BCUT2D eigenvalue weighted by molar-refractivity contribution is 5.73. The molecule has 0 heterocycles. The maximum Gasteiger partial charge on any atom is 0.402 e. The molecule has 0 amide bonds. The Labute approximate surface area is 68.7 Å². The molecule has 0 saturated heterocycles. The van der Waals surface area contributed by atoms with Crippen molar-refractivity contribution in [3.8, 4) is 0 Å². The molecule has 0 radical (unpaired) electrons. The molecule has 0 aliphatic heterocycles. The van der Waals surface area contributed by atoms with Crippen LogP contribution >= 0.6 is 0 Å². The molecule has 1 atom stereocenters. The molecule has 0 bridgehead atoms. The number of carbonyl (C=O) groups is 1. The molecule has 5 heteroatoms. The zero-order valence-corrected chi connectivity index (χ0v) is 6.94. The van der Waals surface area contributed by atoms with Crippen LogP contribution in [0.1, 0.15) is 19.8 Å². The second-order valence-corrected chi connectivity index (χ2v) is 2.41. The molecule has 0 aromatic carbocycles. The molecule has 0 aliphatic carbocycles. The third kappa shape index (κ3) is 3.11. The summed E-state index contributed by atoms with van der Waals surface area (Å²) in [7, 11) is 0.955. The zero-order chi connectivity index (χ0) is 9.78.